The average Bonchev–Trinajstić information content (AvgIpc) is 2.75. The summed E-state index contributed by atoms with van der Waals surface area (Å²) in [5.74, 6) is -0.987. The second-order valence-corrected chi connectivity index (χ2v) is 5.86. The molecular formula is C13H13ClN2O2S. The molecule has 6 heteroatoms. The number of hydrogen-bond donors (Lipinski definition) is 3. The van der Waals surface area contributed by atoms with E-state index in [4.69, 9.17) is 22.4 Å². The molecule has 0 aliphatic carbocycles. The highest BCUT2D eigenvalue weighted by Crippen LogP contribution is 2.30. The smallest absolute Gasteiger partial charge is 0.337 e. The fraction of sp³-hybridized carbons (Fsp3) is 0.154. The molecule has 0 aliphatic rings. The number of thiophene rings is 1. The molecule has 1 heterocycles. The van der Waals surface area contributed by atoms with Gasteiger partial charge in [-0.2, -0.15) is 0 Å². The van der Waals surface area contributed by atoms with E-state index >= 15 is 0 Å². The number of nitrogens with one attached hydrogen (secondary N) is 1. The third-order valence-electron chi connectivity index (χ3n) is 2.67. The number of rotatable bonds is 4. The molecule has 4 nitrogen and oxygen atoms in total. The van der Waals surface area contributed by atoms with Gasteiger partial charge in [0.05, 0.1) is 21.6 Å². The van der Waals surface area contributed by atoms with Crippen molar-refractivity contribution in [3.05, 3.63) is 45.1 Å². The fourth-order valence-electron chi connectivity index (χ4n) is 1.73. The van der Waals surface area contributed by atoms with Crippen molar-refractivity contribution >= 4 is 40.3 Å². The van der Waals surface area contributed by atoms with E-state index in [1.165, 1.54) is 17.4 Å². The Morgan fingerprint density at radius 2 is 2.16 bits per heavy atom. The first-order valence-corrected chi connectivity index (χ1v) is 6.81. The van der Waals surface area contributed by atoms with E-state index in [1.54, 1.807) is 12.1 Å². The zero-order valence-electron chi connectivity index (χ0n) is 10.2. The minimum absolute atomic E-state index is 0.0441. The van der Waals surface area contributed by atoms with Crippen molar-refractivity contribution in [1.29, 1.82) is 0 Å². The third-order valence-corrected chi connectivity index (χ3v) is 4.08. The van der Waals surface area contributed by atoms with Gasteiger partial charge < -0.3 is 16.2 Å². The summed E-state index contributed by atoms with van der Waals surface area (Å²) < 4.78 is 0.703. The second kappa shape index (κ2) is 5.50. The first-order chi connectivity index (χ1) is 8.97. The van der Waals surface area contributed by atoms with E-state index in [9.17, 15) is 4.79 Å². The van der Waals surface area contributed by atoms with Crippen LogP contribution in [0.4, 0.5) is 11.4 Å². The lowest BCUT2D eigenvalue weighted by atomic mass is 10.1. The molecule has 1 aromatic carbocycles. The summed E-state index contributed by atoms with van der Waals surface area (Å²) in [6.07, 6.45) is 0. The van der Waals surface area contributed by atoms with Crippen LogP contribution in [0.25, 0.3) is 0 Å². The number of halogens is 1. The van der Waals surface area contributed by atoms with Crippen LogP contribution in [0, 0.1) is 0 Å². The van der Waals surface area contributed by atoms with Crippen molar-refractivity contribution < 1.29 is 9.90 Å². The van der Waals surface area contributed by atoms with Crippen LogP contribution in [0.15, 0.2) is 30.3 Å². The first-order valence-electron chi connectivity index (χ1n) is 5.62. The van der Waals surface area contributed by atoms with Crippen LogP contribution in [0.2, 0.25) is 4.34 Å². The van der Waals surface area contributed by atoms with Crippen LogP contribution < -0.4 is 11.1 Å². The Kier molecular flexibility index (Phi) is 3.97. The van der Waals surface area contributed by atoms with E-state index in [0.29, 0.717) is 15.7 Å². The van der Waals surface area contributed by atoms with Gasteiger partial charge in [0, 0.05) is 10.6 Å². The molecule has 0 amide bonds. The highest BCUT2D eigenvalue weighted by molar-refractivity contribution is 7.16. The Hall–Kier alpha value is -1.72. The Bertz CT molecular complexity index is 612. The molecule has 4 N–H and O–H groups in total. The Labute approximate surface area is 119 Å². The summed E-state index contributed by atoms with van der Waals surface area (Å²) in [7, 11) is 0. The van der Waals surface area contributed by atoms with Crippen LogP contribution in [0.3, 0.4) is 0 Å². The van der Waals surface area contributed by atoms with Crippen LogP contribution in [-0.2, 0) is 0 Å². The number of nitrogens with two attached hydrogens (primary N) is 1. The SMILES string of the molecule is CC(Nc1cc(N)ccc1C(=O)O)c1ccc(Cl)s1. The van der Waals surface area contributed by atoms with Gasteiger partial charge in [-0.3, -0.25) is 0 Å². The molecule has 2 aromatic rings. The van der Waals surface area contributed by atoms with Crippen LogP contribution in [0.1, 0.15) is 28.2 Å². The molecule has 1 unspecified atom stereocenters. The fourth-order valence-corrected chi connectivity index (χ4v) is 2.80. The number of carbonyl (C=O) groups is 1. The lowest BCUT2D eigenvalue weighted by Crippen LogP contribution is -2.10. The van der Waals surface area contributed by atoms with Crippen LogP contribution >= 0.6 is 22.9 Å². The van der Waals surface area contributed by atoms with Crippen LogP contribution in [-0.4, -0.2) is 11.1 Å². The van der Waals surface area contributed by atoms with Crippen molar-refractivity contribution in [1.82, 2.24) is 0 Å². The summed E-state index contributed by atoms with van der Waals surface area (Å²) in [4.78, 5) is 12.2. The molecule has 1 atom stereocenters. The van der Waals surface area contributed by atoms with Gasteiger partial charge in [-0.05, 0) is 37.3 Å². The topological polar surface area (TPSA) is 75.3 Å². The van der Waals surface area contributed by atoms with Gasteiger partial charge in [-0.15, -0.1) is 11.3 Å². The van der Waals surface area contributed by atoms with Crippen molar-refractivity contribution in [2.45, 2.75) is 13.0 Å². The number of anilines is 2. The van der Waals surface area contributed by atoms with Crippen molar-refractivity contribution in [2.24, 2.45) is 0 Å². The van der Waals surface area contributed by atoms with Crippen molar-refractivity contribution in [3.8, 4) is 0 Å². The molecular weight excluding hydrogens is 284 g/mol. The number of carboxylic acid groups (broad SMARTS) is 1. The van der Waals surface area contributed by atoms with Gasteiger partial charge >= 0.3 is 5.97 Å². The molecule has 19 heavy (non-hydrogen) atoms. The molecule has 0 fully saturated rings. The monoisotopic (exact) mass is 296 g/mol. The Morgan fingerprint density at radius 1 is 1.42 bits per heavy atom. The molecule has 0 bridgehead atoms. The molecule has 0 radical (unpaired) electrons. The van der Waals surface area contributed by atoms with Gasteiger partial charge in [0.15, 0.2) is 0 Å². The highest BCUT2D eigenvalue weighted by Gasteiger charge is 2.14. The summed E-state index contributed by atoms with van der Waals surface area (Å²) >= 11 is 7.35. The van der Waals surface area contributed by atoms with Crippen molar-refractivity contribution in [3.63, 3.8) is 0 Å². The minimum atomic E-state index is -0.987. The zero-order chi connectivity index (χ0) is 14.0. The van der Waals surface area contributed by atoms with Gasteiger partial charge in [-0.1, -0.05) is 11.6 Å². The van der Waals surface area contributed by atoms with E-state index < -0.39 is 5.97 Å². The number of aromatic carboxylic acids is 1. The molecule has 0 saturated carbocycles. The van der Waals surface area contributed by atoms with E-state index in [1.807, 2.05) is 19.1 Å². The molecule has 1 aromatic heterocycles. The summed E-state index contributed by atoms with van der Waals surface area (Å²) in [6.45, 7) is 1.94. The van der Waals surface area contributed by atoms with Crippen LogP contribution in [0.5, 0.6) is 0 Å². The van der Waals surface area contributed by atoms with E-state index in [-0.39, 0.29) is 11.6 Å². The summed E-state index contributed by atoms with van der Waals surface area (Å²) in [6, 6.07) is 8.37. The lowest BCUT2D eigenvalue weighted by molar-refractivity contribution is 0.0698. The summed E-state index contributed by atoms with van der Waals surface area (Å²) in [5.41, 5.74) is 6.91. The minimum Gasteiger partial charge on any atom is -0.478 e. The quantitative estimate of drug-likeness (QED) is 0.749. The predicted octanol–water partition coefficient (Wildman–Crippen LogP) is 3.86. The Balaban J connectivity index is 2.27. The van der Waals surface area contributed by atoms with Gasteiger partial charge in [-0.25, -0.2) is 4.79 Å². The Morgan fingerprint density at radius 3 is 2.74 bits per heavy atom. The number of benzene rings is 1. The third kappa shape index (κ3) is 3.19. The van der Waals surface area contributed by atoms with Gasteiger partial charge in [0.2, 0.25) is 0 Å². The lowest BCUT2D eigenvalue weighted by Gasteiger charge is -2.16. The number of carboxylic acids is 1. The number of nitrogen functional groups attached to an aromatic ring is 1. The maximum absolute atomic E-state index is 11.2. The normalized spacial score (nSPS) is 12.1. The summed E-state index contributed by atoms with van der Waals surface area (Å²) in [5, 5.41) is 12.3. The first kappa shape index (κ1) is 13.7. The highest BCUT2D eigenvalue weighted by atomic mass is 35.5. The molecule has 0 aliphatic heterocycles. The van der Waals surface area contributed by atoms with Gasteiger partial charge in [0.1, 0.15) is 0 Å². The molecule has 0 spiro atoms. The van der Waals surface area contributed by atoms with Crippen molar-refractivity contribution in [2.75, 3.05) is 11.1 Å². The maximum atomic E-state index is 11.2. The standard InChI is InChI=1S/C13H13ClN2O2S/c1-7(11-4-5-12(14)19-11)16-10-6-8(15)2-3-9(10)13(17)18/h2-7,16H,15H2,1H3,(H,17,18). The largest absolute Gasteiger partial charge is 0.478 e. The molecule has 2 rings (SSSR count). The predicted molar refractivity (Wildman–Crippen MR) is 79.2 cm³/mol. The zero-order valence-corrected chi connectivity index (χ0v) is 11.8. The van der Waals surface area contributed by atoms with Gasteiger partial charge in [0.25, 0.3) is 0 Å². The number of hydrogen-bond acceptors (Lipinski definition) is 4. The second-order valence-electron chi connectivity index (χ2n) is 4.12. The maximum Gasteiger partial charge on any atom is 0.337 e. The van der Waals surface area contributed by atoms with E-state index in [2.05, 4.69) is 5.32 Å². The average molecular weight is 297 g/mol. The van der Waals surface area contributed by atoms with E-state index in [0.717, 1.165) is 4.88 Å². The molecule has 0 saturated heterocycles. The molecule has 100 valence electrons.